The molecule has 7 nitrogen and oxygen atoms in total. The zero-order chi connectivity index (χ0) is 11.4. The zero-order valence-corrected chi connectivity index (χ0v) is 9.09. The van der Waals surface area contributed by atoms with Crippen LogP contribution in [0.15, 0.2) is 0 Å². The summed E-state index contributed by atoms with van der Waals surface area (Å²) in [7, 11) is 0. The molecule has 1 heterocycles. The molecule has 1 rings (SSSR count). The number of ether oxygens (including phenoxy) is 1. The van der Waals surface area contributed by atoms with Gasteiger partial charge in [0.05, 0.1) is 12.2 Å². The lowest BCUT2D eigenvalue weighted by molar-refractivity contribution is -0.435. The van der Waals surface area contributed by atoms with E-state index in [-0.39, 0.29) is 0 Å². The molecular weight excluding hydrogens is 228 g/mol. The van der Waals surface area contributed by atoms with Crippen LogP contribution in [0.3, 0.4) is 0 Å². The molecule has 1 saturated heterocycles. The van der Waals surface area contributed by atoms with E-state index in [1.807, 2.05) is 0 Å². The average molecular weight is 242 g/mol. The van der Waals surface area contributed by atoms with Gasteiger partial charge in [-0.1, -0.05) is 12.0 Å². The molecule has 1 fully saturated rings. The second-order valence-corrected chi connectivity index (χ2v) is 3.82. The summed E-state index contributed by atoms with van der Waals surface area (Å²) in [6, 6.07) is 0. The van der Waals surface area contributed by atoms with Gasteiger partial charge in [-0.05, 0) is 6.92 Å². The highest BCUT2D eigenvalue weighted by molar-refractivity contribution is 7.89. The number of rotatable bonds is 4. The van der Waals surface area contributed by atoms with Crippen molar-refractivity contribution in [3.8, 4) is 0 Å². The Hall–Kier alpha value is 0.0700. The Morgan fingerprint density at radius 2 is 1.93 bits per heavy atom. The zero-order valence-electron chi connectivity index (χ0n) is 8.27. The third-order valence-electron chi connectivity index (χ3n) is 2.35. The van der Waals surface area contributed by atoms with E-state index in [0.717, 1.165) is 0 Å². The van der Waals surface area contributed by atoms with Crippen molar-refractivity contribution in [2.45, 2.75) is 38.4 Å². The summed E-state index contributed by atoms with van der Waals surface area (Å²) < 4.78 is 14.1. The summed E-state index contributed by atoms with van der Waals surface area (Å²) in [5.41, 5.74) is 0. The van der Waals surface area contributed by atoms with E-state index in [4.69, 9.17) is 14.2 Å². The molecule has 0 amide bonds. The van der Waals surface area contributed by atoms with E-state index in [9.17, 15) is 10.2 Å². The van der Waals surface area contributed by atoms with Crippen LogP contribution in [0.5, 0.6) is 0 Å². The van der Waals surface area contributed by atoms with Crippen molar-refractivity contribution in [2.24, 2.45) is 5.92 Å². The standard InChI is InChI=1S/C7H14O7S/c1-3-5(8)6(12-15-14-13-10)4(2)11-7(3)9/h3-10H,1-2H3/t3?,4?,5-,6+,7?/m1/s1. The lowest BCUT2D eigenvalue weighted by Crippen LogP contribution is -2.52. The van der Waals surface area contributed by atoms with Crippen LogP contribution in [0.4, 0.5) is 0 Å². The predicted octanol–water partition coefficient (Wildman–Crippen LogP) is 0.0901. The van der Waals surface area contributed by atoms with E-state index in [0.29, 0.717) is 12.3 Å². The van der Waals surface area contributed by atoms with Crippen LogP contribution in [0.2, 0.25) is 0 Å². The Morgan fingerprint density at radius 3 is 2.53 bits per heavy atom. The molecule has 8 heteroatoms. The van der Waals surface area contributed by atoms with Crippen molar-refractivity contribution in [3.05, 3.63) is 0 Å². The first-order valence-electron chi connectivity index (χ1n) is 4.39. The first-order valence-corrected chi connectivity index (χ1v) is 5.06. The van der Waals surface area contributed by atoms with Crippen LogP contribution >= 0.6 is 12.3 Å². The van der Waals surface area contributed by atoms with Gasteiger partial charge in [-0.15, -0.1) is 4.33 Å². The topological polar surface area (TPSA) is 97.6 Å². The third kappa shape index (κ3) is 3.26. The minimum absolute atomic E-state index is 0.377. The first-order chi connectivity index (χ1) is 7.07. The SMILES string of the molecule is CC1C(O)OC(C)[C@H](OSOOO)[C@@H]1O. The normalized spacial score (nSPS) is 41.8. The summed E-state index contributed by atoms with van der Waals surface area (Å²) in [5.74, 6) is -0.471. The maximum atomic E-state index is 9.74. The smallest absolute Gasteiger partial charge is 0.198 e. The summed E-state index contributed by atoms with van der Waals surface area (Å²) >= 11 is 0.377. The minimum atomic E-state index is -1.02. The highest BCUT2D eigenvalue weighted by atomic mass is 32.2. The van der Waals surface area contributed by atoms with E-state index in [1.165, 1.54) is 0 Å². The monoisotopic (exact) mass is 242 g/mol. The number of hydrogen-bond acceptors (Lipinski definition) is 8. The van der Waals surface area contributed by atoms with Gasteiger partial charge in [0.1, 0.15) is 6.10 Å². The fourth-order valence-electron chi connectivity index (χ4n) is 1.38. The van der Waals surface area contributed by atoms with Crippen LogP contribution < -0.4 is 0 Å². The molecule has 90 valence electrons. The highest BCUT2D eigenvalue weighted by Crippen LogP contribution is 2.28. The molecule has 3 N–H and O–H groups in total. The summed E-state index contributed by atoms with van der Waals surface area (Å²) in [5, 5.41) is 30.3. The molecule has 0 aromatic rings. The molecule has 5 atom stereocenters. The van der Waals surface area contributed by atoms with E-state index in [1.54, 1.807) is 13.8 Å². The van der Waals surface area contributed by atoms with Crippen molar-refractivity contribution in [1.29, 1.82) is 0 Å². The van der Waals surface area contributed by atoms with Crippen molar-refractivity contribution in [1.82, 2.24) is 0 Å². The van der Waals surface area contributed by atoms with Gasteiger partial charge in [0.2, 0.25) is 0 Å². The van der Waals surface area contributed by atoms with Crippen LogP contribution in [0.25, 0.3) is 0 Å². The van der Waals surface area contributed by atoms with Crippen molar-refractivity contribution in [2.75, 3.05) is 0 Å². The second kappa shape index (κ2) is 5.97. The number of aliphatic hydroxyl groups is 2. The molecule has 15 heavy (non-hydrogen) atoms. The highest BCUT2D eigenvalue weighted by Gasteiger charge is 2.41. The summed E-state index contributed by atoms with van der Waals surface area (Å²) in [4.78, 5) is 0. The van der Waals surface area contributed by atoms with Crippen LogP contribution in [-0.2, 0) is 18.3 Å². The van der Waals surface area contributed by atoms with Crippen LogP contribution in [0.1, 0.15) is 13.8 Å². The van der Waals surface area contributed by atoms with Gasteiger partial charge in [-0.25, -0.2) is 5.26 Å². The molecule has 1 aliphatic heterocycles. The Labute approximate surface area is 91.2 Å². The lowest BCUT2D eigenvalue weighted by Gasteiger charge is -2.39. The van der Waals surface area contributed by atoms with Gasteiger partial charge in [0.15, 0.2) is 18.6 Å². The Bertz CT molecular complexity index is 192. The molecule has 0 aromatic carbocycles. The molecule has 1 aliphatic rings. The second-order valence-electron chi connectivity index (χ2n) is 3.35. The number of aliphatic hydroxyl groups excluding tert-OH is 2. The molecule has 3 unspecified atom stereocenters. The molecular formula is C7H14O7S. The molecule has 0 spiro atoms. The van der Waals surface area contributed by atoms with Gasteiger partial charge < -0.3 is 14.9 Å². The number of hydrogen-bond donors (Lipinski definition) is 3. The molecule has 0 radical (unpaired) electrons. The maximum Gasteiger partial charge on any atom is 0.198 e. The molecule has 0 aromatic heterocycles. The van der Waals surface area contributed by atoms with E-state index < -0.39 is 30.5 Å². The Morgan fingerprint density at radius 1 is 1.27 bits per heavy atom. The third-order valence-corrected chi connectivity index (χ3v) is 2.77. The first kappa shape index (κ1) is 13.1. The van der Waals surface area contributed by atoms with Crippen molar-refractivity contribution >= 4 is 12.3 Å². The van der Waals surface area contributed by atoms with Crippen molar-refractivity contribution in [3.63, 3.8) is 0 Å². The van der Waals surface area contributed by atoms with Gasteiger partial charge in [0.25, 0.3) is 0 Å². The molecule has 0 bridgehead atoms. The predicted molar refractivity (Wildman–Crippen MR) is 49.0 cm³/mol. The Kier molecular flexibility index (Phi) is 5.23. The molecule has 0 saturated carbocycles. The van der Waals surface area contributed by atoms with Gasteiger partial charge >= 0.3 is 0 Å². The van der Waals surface area contributed by atoms with Crippen LogP contribution in [0, 0.1) is 5.92 Å². The fraction of sp³-hybridized carbons (Fsp3) is 1.00. The molecule has 0 aliphatic carbocycles. The minimum Gasteiger partial charge on any atom is -0.390 e. The van der Waals surface area contributed by atoms with Gasteiger partial charge in [-0.3, -0.25) is 4.18 Å². The largest absolute Gasteiger partial charge is 0.390 e. The lowest BCUT2D eigenvalue weighted by atomic mass is 9.93. The van der Waals surface area contributed by atoms with E-state index >= 15 is 0 Å². The average Bonchev–Trinajstić information content (AvgIpc) is 2.20. The summed E-state index contributed by atoms with van der Waals surface area (Å²) in [6.45, 7) is 3.27. The van der Waals surface area contributed by atoms with E-state index in [2.05, 4.69) is 9.37 Å². The summed E-state index contributed by atoms with van der Waals surface area (Å²) in [6.07, 6.45) is -3.09. The Balaban J connectivity index is 2.46. The van der Waals surface area contributed by atoms with Crippen LogP contribution in [-0.4, -0.2) is 40.1 Å². The quantitative estimate of drug-likeness (QED) is 0.276. The fourth-order valence-corrected chi connectivity index (χ4v) is 1.79. The van der Waals surface area contributed by atoms with Crippen molar-refractivity contribution < 1.29 is 33.8 Å². The van der Waals surface area contributed by atoms with Gasteiger partial charge in [-0.2, -0.15) is 0 Å². The maximum absolute atomic E-state index is 9.74. The van der Waals surface area contributed by atoms with Gasteiger partial charge in [0, 0.05) is 5.92 Å².